The van der Waals surface area contributed by atoms with Crippen molar-refractivity contribution in [1.29, 1.82) is 0 Å². The van der Waals surface area contributed by atoms with Crippen LogP contribution in [0.25, 0.3) is 10.8 Å². The van der Waals surface area contributed by atoms with E-state index in [1.54, 1.807) is 12.1 Å². The number of carbonyl (C=O) groups is 3. The normalized spacial score (nSPS) is 9.20. The fourth-order valence-corrected chi connectivity index (χ4v) is 1.63. The molecule has 2 rings (SSSR count). The Kier molecular flexibility index (Phi) is 11.0. The summed E-state index contributed by atoms with van der Waals surface area (Å²) in [5.74, 6) is -3.03. The van der Waals surface area contributed by atoms with Crippen LogP contribution in [0, 0.1) is 0 Å². The summed E-state index contributed by atoms with van der Waals surface area (Å²) < 4.78 is 0. The molecular formula is C17H20O8. The number of carboxylic acids is 3. The Hall–Kier alpha value is -2.97. The van der Waals surface area contributed by atoms with Crippen molar-refractivity contribution in [3.63, 3.8) is 0 Å². The van der Waals surface area contributed by atoms with Crippen molar-refractivity contribution in [2.45, 2.75) is 12.8 Å². The van der Waals surface area contributed by atoms with Crippen molar-refractivity contribution in [1.82, 2.24) is 0 Å². The van der Waals surface area contributed by atoms with Gasteiger partial charge in [-0.2, -0.15) is 0 Å². The molecule has 0 radical (unpaired) electrons. The van der Waals surface area contributed by atoms with Crippen LogP contribution in [0.2, 0.25) is 0 Å². The number of aromatic carboxylic acids is 1. The molecule has 8 heteroatoms. The number of carboxylic acid groups (broad SMARTS) is 3. The number of fused-ring (bicyclic) bond motifs is 1. The van der Waals surface area contributed by atoms with E-state index in [9.17, 15) is 14.4 Å². The standard InChI is InChI=1S/C11H8O2.C4H6O4.C2H6O2/c12-11(13)10-7-3-5-8-4-1-2-6-9(8)10;5-3(6)1-2-4(7)8;3-1-2-4/h1-7H,(H,12,13);1-2H2,(H,5,6)(H,7,8);3-4H,1-2H2. The number of hydrogen-bond donors (Lipinski definition) is 5. The second-order valence-electron chi connectivity index (χ2n) is 4.57. The Balaban J connectivity index is 0.000000413. The largest absolute Gasteiger partial charge is 0.481 e. The maximum absolute atomic E-state index is 10.8. The fraction of sp³-hybridized carbons (Fsp3) is 0.235. The van der Waals surface area contributed by atoms with Gasteiger partial charge in [-0.1, -0.05) is 36.4 Å². The third-order valence-corrected chi connectivity index (χ3v) is 2.67. The zero-order chi connectivity index (χ0) is 19.2. The van der Waals surface area contributed by atoms with Crippen LogP contribution < -0.4 is 0 Å². The van der Waals surface area contributed by atoms with Gasteiger partial charge in [-0.15, -0.1) is 0 Å². The minimum Gasteiger partial charge on any atom is -0.481 e. The molecule has 0 aromatic heterocycles. The first-order chi connectivity index (χ1) is 11.8. The number of benzene rings is 2. The average Bonchev–Trinajstić information content (AvgIpc) is 2.60. The molecule has 0 saturated carbocycles. The van der Waals surface area contributed by atoms with E-state index in [1.165, 1.54) is 0 Å². The SMILES string of the molecule is O=C(O)CCC(=O)O.O=C(O)c1cccc2ccccc12.OCCO. The van der Waals surface area contributed by atoms with E-state index >= 15 is 0 Å². The first-order valence-corrected chi connectivity index (χ1v) is 7.19. The van der Waals surface area contributed by atoms with Crippen LogP contribution in [-0.2, 0) is 9.59 Å². The van der Waals surface area contributed by atoms with Crippen molar-refractivity contribution in [3.05, 3.63) is 48.0 Å². The highest BCUT2D eigenvalue weighted by Crippen LogP contribution is 2.17. The molecule has 0 amide bonds. The molecule has 25 heavy (non-hydrogen) atoms. The summed E-state index contributed by atoms with van der Waals surface area (Å²) in [4.78, 5) is 30.1. The molecule has 8 nitrogen and oxygen atoms in total. The van der Waals surface area contributed by atoms with Crippen LogP contribution in [0.5, 0.6) is 0 Å². The summed E-state index contributed by atoms with van der Waals surface area (Å²) in [6.07, 6.45) is -0.593. The Labute approximate surface area is 143 Å². The van der Waals surface area contributed by atoms with Crippen molar-refractivity contribution < 1.29 is 39.9 Å². The lowest BCUT2D eigenvalue weighted by molar-refractivity contribution is -0.143. The van der Waals surface area contributed by atoms with Gasteiger partial charge < -0.3 is 25.5 Å². The van der Waals surface area contributed by atoms with Crippen LogP contribution in [0.3, 0.4) is 0 Å². The second-order valence-corrected chi connectivity index (χ2v) is 4.57. The van der Waals surface area contributed by atoms with Crippen molar-refractivity contribution >= 4 is 28.7 Å². The monoisotopic (exact) mass is 352 g/mol. The third kappa shape index (κ3) is 9.69. The number of hydrogen-bond acceptors (Lipinski definition) is 5. The van der Waals surface area contributed by atoms with Crippen molar-refractivity contribution in [2.24, 2.45) is 0 Å². The van der Waals surface area contributed by atoms with Crippen LogP contribution >= 0.6 is 0 Å². The zero-order valence-corrected chi connectivity index (χ0v) is 13.3. The Morgan fingerprint density at radius 2 is 1.20 bits per heavy atom. The van der Waals surface area contributed by atoms with E-state index in [0.717, 1.165) is 10.8 Å². The van der Waals surface area contributed by atoms with Crippen LogP contribution in [0.15, 0.2) is 42.5 Å². The summed E-state index contributed by atoms with van der Waals surface area (Å²) in [6.45, 7) is -0.250. The maximum Gasteiger partial charge on any atom is 0.336 e. The predicted octanol–water partition coefficient (Wildman–Crippen LogP) is 1.44. The molecule has 0 atom stereocenters. The van der Waals surface area contributed by atoms with Gasteiger partial charge in [0.05, 0.1) is 31.6 Å². The second kappa shape index (κ2) is 12.5. The topological polar surface area (TPSA) is 152 Å². The summed E-state index contributed by atoms with van der Waals surface area (Å²) in [6, 6.07) is 12.7. The molecule has 0 bridgehead atoms. The van der Waals surface area contributed by atoms with Crippen LogP contribution in [-0.4, -0.2) is 56.7 Å². The van der Waals surface area contributed by atoms with Gasteiger partial charge in [-0.25, -0.2) is 4.79 Å². The minimum absolute atomic E-state index is 0.125. The maximum atomic E-state index is 10.8. The summed E-state index contributed by atoms with van der Waals surface area (Å²) in [7, 11) is 0. The van der Waals surface area contributed by atoms with Gasteiger partial charge in [0.1, 0.15) is 0 Å². The fourth-order valence-electron chi connectivity index (χ4n) is 1.63. The Morgan fingerprint density at radius 1 is 0.720 bits per heavy atom. The molecule has 2 aromatic rings. The minimum atomic E-state index is -1.08. The Bertz CT molecular complexity index is 675. The van der Waals surface area contributed by atoms with E-state index in [-0.39, 0.29) is 26.1 Å². The van der Waals surface area contributed by atoms with E-state index in [4.69, 9.17) is 25.5 Å². The van der Waals surface area contributed by atoms with E-state index in [2.05, 4.69) is 0 Å². The van der Waals surface area contributed by atoms with Crippen molar-refractivity contribution in [3.8, 4) is 0 Å². The molecule has 2 aromatic carbocycles. The number of rotatable bonds is 5. The van der Waals surface area contributed by atoms with Crippen LogP contribution in [0.1, 0.15) is 23.2 Å². The molecule has 0 aliphatic heterocycles. The van der Waals surface area contributed by atoms with Gasteiger partial charge in [0, 0.05) is 0 Å². The molecule has 0 saturated heterocycles. The predicted molar refractivity (Wildman–Crippen MR) is 89.6 cm³/mol. The van der Waals surface area contributed by atoms with Gasteiger partial charge in [-0.3, -0.25) is 9.59 Å². The molecule has 136 valence electrons. The van der Waals surface area contributed by atoms with Gasteiger partial charge >= 0.3 is 17.9 Å². The molecular weight excluding hydrogens is 332 g/mol. The smallest absolute Gasteiger partial charge is 0.336 e. The molecule has 0 aliphatic rings. The quantitative estimate of drug-likeness (QED) is 0.542. The van der Waals surface area contributed by atoms with Gasteiger partial charge in [-0.05, 0) is 16.8 Å². The number of aliphatic carboxylic acids is 2. The highest BCUT2D eigenvalue weighted by atomic mass is 16.4. The highest BCUT2D eigenvalue weighted by molar-refractivity contribution is 6.03. The van der Waals surface area contributed by atoms with E-state index in [0.29, 0.717) is 5.56 Å². The number of aliphatic hydroxyl groups excluding tert-OH is 2. The molecule has 0 heterocycles. The molecule has 0 spiro atoms. The Morgan fingerprint density at radius 3 is 1.64 bits per heavy atom. The van der Waals surface area contributed by atoms with Gasteiger partial charge in [0.25, 0.3) is 0 Å². The summed E-state index contributed by atoms with van der Waals surface area (Å²) in [5, 5.41) is 41.7. The lowest BCUT2D eigenvalue weighted by Crippen LogP contribution is -2.00. The molecule has 0 aliphatic carbocycles. The molecule has 0 unspecified atom stereocenters. The first kappa shape index (κ1) is 22.0. The average molecular weight is 352 g/mol. The van der Waals surface area contributed by atoms with Crippen molar-refractivity contribution in [2.75, 3.05) is 13.2 Å². The number of aliphatic hydroxyl groups is 2. The van der Waals surface area contributed by atoms with Gasteiger partial charge in [0.15, 0.2) is 0 Å². The van der Waals surface area contributed by atoms with E-state index < -0.39 is 17.9 Å². The summed E-state index contributed by atoms with van der Waals surface area (Å²) in [5.41, 5.74) is 0.359. The first-order valence-electron chi connectivity index (χ1n) is 7.19. The zero-order valence-electron chi connectivity index (χ0n) is 13.3. The highest BCUT2D eigenvalue weighted by Gasteiger charge is 2.05. The molecule has 0 fully saturated rings. The summed E-state index contributed by atoms with van der Waals surface area (Å²) >= 11 is 0. The van der Waals surface area contributed by atoms with E-state index in [1.807, 2.05) is 30.3 Å². The molecule has 5 N–H and O–H groups in total. The lowest BCUT2D eigenvalue weighted by atomic mass is 10.1. The van der Waals surface area contributed by atoms with Crippen LogP contribution in [0.4, 0.5) is 0 Å². The lowest BCUT2D eigenvalue weighted by Gasteiger charge is -2.00. The third-order valence-electron chi connectivity index (χ3n) is 2.67. The van der Waals surface area contributed by atoms with Gasteiger partial charge in [0.2, 0.25) is 0 Å².